The van der Waals surface area contributed by atoms with Gasteiger partial charge in [-0.2, -0.15) is 0 Å². The largest absolute Gasteiger partial charge is 0.495 e. The Labute approximate surface area is 213 Å². The van der Waals surface area contributed by atoms with Gasteiger partial charge in [0.2, 0.25) is 0 Å². The molecule has 2 aromatic heterocycles. The van der Waals surface area contributed by atoms with E-state index in [1.165, 1.54) is 79.7 Å². The Morgan fingerprint density at radius 3 is 2.70 bits per heavy atom. The van der Waals surface area contributed by atoms with Crippen molar-refractivity contribution in [3.05, 3.63) is 76.5 Å². The quantitative estimate of drug-likeness (QED) is 0.369. The van der Waals surface area contributed by atoms with Crippen molar-refractivity contribution < 1.29 is 22.1 Å². The second-order valence-corrected chi connectivity index (χ2v) is 11.7. The zero-order chi connectivity index (χ0) is 25.7. The van der Waals surface area contributed by atoms with Gasteiger partial charge in [-0.25, -0.2) is 12.8 Å². The van der Waals surface area contributed by atoms with Crippen LogP contribution in [0.15, 0.2) is 69.0 Å². The van der Waals surface area contributed by atoms with Gasteiger partial charge in [0.05, 0.1) is 23.2 Å². The Morgan fingerprint density at radius 2 is 2.00 bits per heavy atom. The maximum Gasteiger partial charge on any atom is 0.263 e. The van der Waals surface area contributed by atoms with Gasteiger partial charge in [0.15, 0.2) is 5.82 Å². The van der Waals surface area contributed by atoms with Crippen LogP contribution < -0.4 is 15.0 Å². The summed E-state index contributed by atoms with van der Waals surface area (Å²) in [6.07, 6.45) is 6.82. The number of methoxy groups -OCH3 is 1. The van der Waals surface area contributed by atoms with Crippen molar-refractivity contribution in [3.8, 4) is 11.4 Å². The Kier molecular flexibility index (Phi) is 5.78. The van der Waals surface area contributed by atoms with E-state index in [1.54, 1.807) is 6.07 Å². The van der Waals surface area contributed by atoms with Crippen LogP contribution in [0.3, 0.4) is 0 Å². The van der Waals surface area contributed by atoms with Crippen LogP contribution in [0.2, 0.25) is 0 Å². The molecule has 2 saturated carbocycles. The predicted octanol–water partition coefficient (Wildman–Crippen LogP) is 4.91. The van der Waals surface area contributed by atoms with Gasteiger partial charge in [-0.15, -0.1) is 0 Å². The van der Waals surface area contributed by atoms with E-state index in [2.05, 4.69) is 14.4 Å². The highest BCUT2D eigenvalue weighted by Crippen LogP contribution is 2.49. The second kappa shape index (κ2) is 9.02. The molecule has 0 spiro atoms. The van der Waals surface area contributed by atoms with E-state index in [1.807, 2.05) is 0 Å². The highest BCUT2D eigenvalue weighted by molar-refractivity contribution is 7.92. The van der Waals surface area contributed by atoms with Gasteiger partial charge in [-0.1, -0.05) is 11.6 Å². The standard InChI is InChI=1S/C27H26FN3O5S/c1-35-25-14-20(12-19-11-16-2-3-17(19)10-16)22(28)15-24(25)31-23-6-5-21(13-18(23)4-7-27(31)32)37(33,34)30-26-8-9-36-29-26/h4-9,13-17,19H,2-3,10-12H2,1H3,(H,29,30)/t16-,17+,19+/m0/s1. The van der Waals surface area contributed by atoms with Crippen molar-refractivity contribution in [2.75, 3.05) is 11.8 Å². The number of fused-ring (bicyclic) bond motifs is 3. The molecule has 0 amide bonds. The first-order valence-electron chi connectivity index (χ1n) is 12.3. The molecule has 2 heterocycles. The molecule has 0 unspecified atom stereocenters. The molecule has 2 fully saturated rings. The summed E-state index contributed by atoms with van der Waals surface area (Å²) in [6, 6.07) is 11.6. The molecule has 8 nitrogen and oxygen atoms in total. The van der Waals surface area contributed by atoms with Gasteiger partial charge in [0.25, 0.3) is 15.6 Å². The normalized spacial score (nSPS) is 21.0. The van der Waals surface area contributed by atoms with Crippen molar-refractivity contribution in [2.45, 2.75) is 37.0 Å². The molecular formula is C27H26FN3O5S. The van der Waals surface area contributed by atoms with Crippen LogP contribution in [0, 0.1) is 23.6 Å². The maximum absolute atomic E-state index is 15.4. The predicted molar refractivity (Wildman–Crippen MR) is 136 cm³/mol. The minimum Gasteiger partial charge on any atom is -0.495 e. The third-order valence-electron chi connectivity index (χ3n) is 7.81. The summed E-state index contributed by atoms with van der Waals surface area (Å²) >= 11 is 0. The van der Waals surface area contributed by atoms with E-state index in [9.17, 15) is 13.2 Å². The van der Waals surface area contributed by atoms with Crippen LogP contribution in [-0.4, -0.2) is 25.3 Å². The van der Waals surface area contributed by atoms with Gasteiger partial charge in [0.1, 0.15) is 17.8 Å². The summed E-state index contributed by atoms with van der Waals surface area (Å²) in [5.41, 5.74) is 0.899. The SMILES string of the molecule is COc1cc(C[C@H]2C[C@H]3CC[C@@H]2C3)c(F)cc1-n1c(=O)ccc2cc(S(=O)(=O)Nc3ccon3)ccc21. The van der Waals surface area contributed by atoms with Gasteiger partial charge < -0.3 is 9.26 Å². The minimum atomic E-state index is -3.95. The lowest BCUT2D eigenvalue weighted by atomic mass is 9.84. The number of aromatic nitrogens is 2. The third-order valence-corrected chi connectivity index (χ3v) is 9.16. The number of ether oxygens (including phenoxy) is 1. The average molecular weight is 524 g/mol. The fraction of sp³-hybridized carbons (Fsp3) is 0.333. The first-order chi connectivity index (χ1) is 17.8. The molecule has 4 aromatic rings. The number of benzene rings is 2. The lowest BCUT2D eigenvalue weighted by Crippen LogP contribution is -2.19. The number of halogens is 1. The molecule has 10 heteroatoms. The summed E-state index contributed by atoms with van der Waals surface area (Å²) in [5.74, 6) is 1.98. The van der Waals surface area contributed by atoms with Crippen LogP contribution in [-0.2, 0) is 16.4 Å². The molecule has 0 aliphatic heterocycles. The zero-order valence-corrected chi connectivity index (χ0v) is 21.0. The molecule has 2 aromatic carbocycles. The van der Waals surface area contributed by atoms with E-state index in [0.29, 0.717) is 40.5 Å². The third kappa shape index (κ3) is 4.29. The number of hydrogen-bond donors (Lipinski definition) is 1. The van der Waals surface area contributed by atoms with Gasteiger partial charge in [-0.05, 0) is 79.3 Å². The molecule has 0 saturated heterocycles. The first-order valence-corrected chi connectivity index (χ1v) is 13.8. The highest BCUT2D eigenvalue weighted by atomic mass is 32.2. The molecule has 192 valence electrons. The number of nitrogens with zero attached hydrogens (tertiary/aromatic N) is 2. The summed E-state index contributed by atoms with van der Waals surface area (Å²) in [7, 11) is -2.45. The van der Waals surface area contributed by atoms with E-state index >= 15 is 4.39 Å². The van der Waals surface area contributed by atoms with Crippen molar-refractivity contribution >= 4 is 26.7 Å². The van der Waals surface area contributed by atoms with E-state index in [-0.39, 0.29) is 27.8 Å². The molecule has 3 atom stereocenters. The van der Waals surface area contributed by atoms with Gasteiger partial charge in [0, 0.05) is 23.6 Å². The van der Waals surface area contributed by atoms with E-state index < -0.39 is 10.0 Å². The minimum absolute atomic E-state index is 0.0208. The van der Waals surface area contributed by atoms with Crippen LogP contribution in [0.25, 0.3) is 16.6 Å². The number of sulfonamides is 1. The highest BCUT2D eigenvalue weighted by Gasteiger charge is 2.39. The fourth-order valence-corrected chi connectivity index (χ4v) is 7.12. The lowest BCUT2D eigenvalue weighted by molar-refractivity contribution is 0.327. The van der Waals surface area contributed by atoms with E-state index in [0.717, 1.165) is 12.3 Å². The molecular weight excluding hydrogens is 497 g/mol. The number of anilines is 1. The van der Waals surface area contributed by atoms with Crippen molar-refractivity contribution in [2.24, 2.45) is 17.8 Å². The molecule has 0 radical (unpaired) electrons. The van der Waals surface area contributed by atoms with Crippen LogP contribution in [0.5, 0.6) is 5.75 Å². The lowest BCUT2D eigenvalue weighted by Gasteiger charge is -2.23. The molecule has 6 rings (SSSR count). The summed E-state index contributed by atoms with van der Waals surface area (Å²) in [6.45, 7) is 0. The maximum atomic E-state index is 15.4. The van der Waals surface area contributed by atoms with Crippen molar-refractivity contribution in [1.29, 1.82) is 0 Å². The number of nitrogens with one attached hydrogen (secondary N) is 1. The Bertz CT molecular complexity index is 1650. The summed E-state index contributed by atoms with van der Waals surface area (Å²) in [5, 5.41) is 4.05. The number of hydrogen-bond acceptors (Lipinski definition) is 6. The summed E-state index contributed by atoms with van der Waals surface area (Å²) in [4.78, 5) is 13.0. The van der Waals surface area contributed by atoms with Crippen LogP contribution in [0.1, 0.15) is 31.2 Å². The molecule has 2 aliphatic rings. The number of pyridine rings is 1. The van der Waals surface area contributed by atoms with Crippen molar-refractivity contribution in [3.63, 3.8) is 0 Å². The van der Waals surface area contributed by atoms with E-state index in [4.69, 9.17) is 4.74 Å². The van der Waals surface area contributed by atoms with Gasteiger partial charge in [-0.3, -0.25) is 14.1 Å². The number of rotatable bonds is 7. The smallest absolute Gasteiger partial charge is 0.263 e. The molecule has 2 bridgehead atoms. The Hall–Kier alpha value is -3.66. The molecule has 1 N–H and O–H groups in total. The monoisotopic (exact) mass is 523 g/mol. The zero-order valence-electron chi connectivity index (χ0n) is 20.2. The Balaban J connectivity index is 1.39. The second-order valence-electron chi connectivity index (χ2n) is 9.97. The molecule has 2 aliphatic carbocycles. The van der Waals surface area contributed by atoms with Crippen molar-refractivity contribution in [1.82, 2.24) is 9.72 Å². The van der Waals surface area contributed by atoms with Crippen LogP contribution >= 0.6 is 0 Å². The summed E-state index contributed by atoms with van der Waals surface area (Å²) < 4.78 is 55.0. The average Bonchev–Trinajstić information content (AvgIpc) is 3.64. The van der Waals surface area contributed by atoms with Gasteiger partial charge >= 0.3 is 0 Å². The van der Waals surface area contributed by atoms with Crippen LogP contribution in [0.4, 0.5) is 10.2 Å². The fourth-order valence-electron chi connectivity index (χ4n) is 6.09. The first kappa shape index (κ1) is 23.7. The topological polar surface area (TPSA) is 103 Å². The molecule has 37 heavy (non-hydrogen) atoms. The Morgan fingerprint density at radius 1 is 1.14 bits per heavy atom.